The molecule has 1 rings (SSSR count). The van der Waals surface area contributed by atoms with Gasteiger partial charge in [-0.15, -0.1) is 11.3 Å². The van der Waals surface area contributed by atoms with E-state index in [9.17, 15) is 4.79 Å². The molecule has 0 spiro atoms. The second kappa shape index (κ2) is 7.60. The Hall–Kier alpha value is -0.670. The predicted octanol–water partition coefficient (Wildman–Crippen LogP) is 3.36. The molecule has 15 heavy (non-hydrogen) atoms. The summed E-state index contributed by atoms with van der Waals surface area (Å²) in [6.07, 6.45) is 0.598. The molecule has 1 aromatic heterocycles. The van der Waals surface area contributed by atoms with Crippen LogP contribution in [0.3, 0.4) is 0 Å². The first-order chi connectivity index (χ1) is 7.16. The van der Waals surface area contributed by atoms with Gasteiger partial charge in [-0.1, -0.05) is 26.8 Å². The van der Waals surface area contributed by atoms with Crippen LogP contribution in [-0.4, -0.2) is 24.8 Å². The molecule has 0 bridgehead atoms. The van der Waals surface area contributed by atoms with E-state index in [1.165, 1.54) is 0 Å². The summed E-state index contributed by atoms with van der Waals surface area (Å²) in [7, 11) is 3.88. The quantitative estimate of drug-likeness (QED) is 0.786. The average molecular weight is 227 g/mol. The lowest BCUT2D eigenvalue weighted by Crippen LogP contribution is -2.26. The van der Waals surface area contributed by atoms with E-state index < -0.39 is 0 Å². The van der Waals surface area contributed by atoms with Crippen molar-refractivity contribution in [2.45, 2.75) is 33.2 Å². The molecular weight excluding hydrogens is 206 g/mol. The van der Waals surface area contributed by atoms with Crippen LogP contribution in [0.5, 0.6) is 0 Å². The molecule has 0 amide bonds. The Balaban J connectivity index is 0.000000921. The van der Waals surface area contributed by atoms with E-state index in [2.05, 4.69) is 0 Å². The second-order valence-corrected chi connectivity index (χ2v) is 4.18. The monoisotopic (exact) mass is 227 g/mol. The van der Waals surface area contributed by atoms with Crippen LogP contribution in [0.1, 0.15) is 38.1 Å². The normalized spacial score (nSPS) is 11.9. The first-order valence-corrected chi connectivity index (χ1v) is 6.27. The van der Waals surface area contributed by atoms with E-state index in [1.807, 2.05) is 57.3 Å². The molecule has 0 fully saturated rings. The van der Waals surface area contributed by atoms with Crippen molar-refractivity contribution in [1.82, 2.24) is 4.90 Å². The Labute approximate surface area is 96.9 Å². The lowest BCUT2D eigenvalue weighted by Gasteiger charge is -2.21. The van der Waals surface area contributed by atoms with Crippen LogP contribution in [0.15, 0.2) is 17.5 Å². The number of hydrogen-bond acceptors (Lipinski definition) is 3. The number of hydrogen-bond donors (Lipinski definition) is 0. The molecule has 0 aliphatic carbocycles. The molecule has 0 N–H and O–H groups in total. The fourth-order valence-electron chi connectivity index (χ4n) is 1.34. The van der Waals surface area contributed by atoms with Gasteiger partial charge in [-0.05, 0) is 25.5 Å². The van der Waals surface area contributed by atoms with E-state index in [0.717, 1.165) is 4.88 Å². The lowest BCUT2D eigenvalue weighted by atomic mass is 10.1. The first-order valence-electron chi connectivity index (χ1n) is 5.39. The van der Waals surface area contributed by atoms with Gasteiger partial charge >= 0.3 is 0 Å². The molecule has 86 valence electrons. The maximum absolute atomic E-state index is 11.6. The van der Waals surface area contributed by atoms with Crippen molar-refractivity contribution in [2.75, 3.05) is 14.1 Å². The average Bonchev–Trinajstić information content (AvgIpc) is 2.73. The van der Waals surface area contributed by atoms with Crippen molar-refractivity contribution in [2.24, 2.45) is 0 Å². The molecule has 1 heterocycles. The predicted molar refractivity (Wildman–Crippen MR) is 67.4 cm³/mol. The number of Topliss-reactive ketones (excluding diaryl/α,β-unsaturated/α-hetero) is 1. The SMILES string of the molecule is CC.CCC(=O)C(c1cccs1)N(C)C. The van der Waals surface area contributed by atoms with Crippen molar-refractivity contribution >= 4 is 17.1 Å². The Morgan fingerprint density at radius 2 is 2.07 bits per heavy atom. The highest BCUT2D eigenvalue weighted by atomic mass is 32.1. The van der Waals surface area contributed by atoms with Crippen LogP contribution >= 0.6 is 11.3 Å². The minimum Gasteiger partial charge on any atom is -0.298 e. The van der Waals surface area contributed by atoms with E-state index in [1.54, 1.807) is 11.3 Å². The largest absolute Gasteiger partial charge is 0.298 e. The van der Waals surface area contributed by atoms with Crippen molar-refractivity contribution < 1.29 is 4.79 Å². The number of ketones is 1. The molecule has 1 unspecified atom stereocenters. The Morgan fingerprint density at radius 1 is 1.47 bits per heavy atom. The zero-order chi connectivity index (χ0) is 11.8. The summed E-state index contributed by atoms with van der Waals surface area (Å²) in [5.74, 6) is 0.285. The second-order valence-electron chi connectivity index (χ2n) is 3.20. The van der Waals surface area contributed by atoms with Gasteiger partial charge in [0.25, 0.3) is 0 Å². The van der Waals surface area contributed by atoms with E-state index in [-0.39, 0.29) is 11.8 Å². The summed E-state index contributed by atoms with van der Waals surface area (Å²) in [6.45, 7) is 5.91. The summed E-state index contributed by atoms with van der Waals surface area (Å²) in [5.41, 5.74) is 0. The summed E-state index contributed by atoms with van der Waals surface area (Å²) >= 11 is 1.64. The summed E-state index contributed by atoms with van der Waals surface area (Å²) in [5, 5.41) is 2.01. The fourth-order valence-corrected chi connectivity index (χ4v) is 2.28. The van der Waals surface area contributed by atoms with Crippen molar-refractivity contribution in [3.63, 3.8) is 0 Å². The van der Waals surface area contributed by atoms with Crippen LogP contribution < -0.4 is 0 Å². The lowest BCUT2D eigenvalue weighted by molar-refractivity contribution is -0.123. The van der Waals surface area contributed by atoms with Gasteiger partial charge in [-0.3, -0.25) is 9.69 Å². The standard InChI is InChI=1S/C10H15NOS.C2H6/c1-4-8(12)10(11(2)3)9-6-5-7-13-9;1-2/h5-7,10H,4H2,1-3H3;1-2H3. The number of likely N-dealkylation sites (N-methyl/N-ethyl adjacent to an activating group) is 1. The Kier molecular flexibility index (Phi) is 7.26. The molecule has 0 aliphatic rings. The minimum absolute atomic E-state index is 0.0509. The molecule has 2 nitrogen and oxygen atoms in total. The summed E-state index contributed by atoms with van der Waals surface area (Å²) in [6, 6.07) is 3.95. The highest BCUT2D eigenvalue weighted by Crippen LogP contribution is 2.24. The molecular formula is C12H21NOS. The molecule has 0 aromatic carbocycles. The maximum Gasteiger partial charge on any atom is 0.155 e. The smallest absolute Gasteiger partial charge is 0.155 e. The van der Waals surface area contributed by atoms with Gasteiger partial charge in [0.2, 0.25) is 0 Å². The molecule has 3 heteroatoms. The molecule has 0 aliphatic heterocycles. The van der Waals surface area contributed by atoms with Crippen LogP contribution in [0, 0.1) is 0 Å². The highest BCUT2D eigenvalue weighted by Gasteiger charge is 2.21. The first kappa shape index (κ1) is 14.3. The summed E-state index contributed by atoms with van der Waals surface area (Å²) < 4.78 is 0. The van der Waals surface area contributed by atoms with E-state index in [0.29, 0.717) is 6.42 Å². The minimum atomic E-state index is -0.0509. The Morgan fingerprint density at radius 3 is 2.40 bits per heavy atom. The van der Waals surface area contributed by atoms with Gasteiger partial charge in [0.15, 0.2) is 5.78 Å². The van der Waals surface area contributed by atoms with Crippen LogP contribution in [0.4, 0.5) is 0 Å². The number of carbonyl (C=O) groups is 1. The summed E-state index contributed by atoms with van der Waals surface area (Å²) in [4.78, 5) is 14.7. The third-order valence-electron chi connectivity index (χ3n) is 1.98. The van der Waals surface area contributed by atoms with Crippen molar-refractivity contribution in [3.05, 3.63) is 22.4 Å². The van der Waals surface area contributed by atoms with Crippen molar-refractivity contribution in [3.8, 4) is 0 Å². The molecule has 1 aromatic rings. The maximum atomic E-state index is 11.6. The van der Waals surface area contributed by atoms with Gasteiger partial charge in [-0.2, -0.15) is 0 Å². The zero-order valence-corrected chi connectivity index (χ0v) is 11.1. The van der Waals surface area contributed by atoms with E-state index >= 15 is 0 Å². The fraction of sp³-hybridized carbons (Fsp3) is 0.583. The van der Waals surface area contributed by atoms with Gasteiger partial charge < -0.3 is 0 Å². The van der Waals surface area contributed by atoms with E-state index in [4.69, 9.17) is 0 Å². The number of carbonyl (C=O) groups excluding carboxylic acids is 1. The molecule has 0 radical (unpaired) electrons. The number of rotatable bonds is 4. The number of thiophene rings is 1. The molecule has 0 saturated carbocycles. The molecule has 1 atom stereocenters. The topological polar surface area (TPSA) is 20.3 Å². The van der Waals surface area contributed by atoms with Crippen LogP contribution in [0.25, 0.3) is 0 Å². The van der Waals surface area contributed by atoms with Gasteiger partial charge in [0.1, 0.15) is 6.04 Å². The van der Waals surface area contributed by atoms with Crippen LogP contribution in [-0.2, 0) is 4.79 Å². The van der Waals surface area contributed by atoms with Crippen molar-refractivity contribution in [1.29, 1.82) is 0 Å². The molecule has 0 saturated heterocycles. The van der Waals surface area contributed by atoms with Crippen LogP contribution in [0.2, 0.25) is 0 Å². The zero-order valence-electron chi connectivity index (χ0n) is 10.3. The van der Waals surface area contributed by atoms with Gasteiger partial charge in [0.05, 0.1) is 0 Å². The third-order valence-corrected chi connectivity index (χ3v) is 2.91. The van der Waals surface area contributed by atoms with Gasteiger partial charge in [0, 0.05) is 11.3 Å². The number of nitrogens with zero attached hydrogens (tertiary/aromatic N) is 1. The van der Waals surface area contributed by atoms with Gasteiger partial charge in [-0.25, -0.2) is 0 Å². The highest BCUT2D eigenvalue weighted by molar-refractivity contribution is 7.10. The Bertz CT molecular complexity index is 267. The third kappa shape index (κ3) is 4.14.